The van der Waals surface area contributed by atoms with Crippen molar-refractivity contribution in [3.05, 3.63) is 63.7 Å². The third-order valence-electron chi connectivity index (χ3n) is 3.56. The minimum atomic E-state index is -0.454. The van der Waals surface area contributed by atoms with Crippen LogP contribution in [0.5, 0.6) is 17.2 Å². The van der Waals surface area contributed by atoms with Gasteiger partial charge in [0, 0.05) is 36.8 Å². The topological polar surface area (TPSA) is 87.9 Å². The van der Waals surface area contributed by atoms with E-state index in [0.717, 1.165) is 0 Å². The van der Waals surface area contributed by atoms with Gasteiger partial charge in [-0.1, -0.05) is 24.3 Å². The summed E-state index contributed by atoms with van der Waals surface area (Å²) in [7, 11) is 3.02. The van der Waals surface area contributed by atoms with Crippen molar-refractivity contribution < 1.29 is 23.9 Å². The summed E-state index contributed by atoms with van der Waals surface area (Å²) in [5.74, 6) is 0.912. The van der Waals surface area contributed by atoms with Crippen molar-refractivity contribution in [2.75, 3.05) is 14.2 Å². The van der Waals surface area contributed by atoms with Crippen LogP contribution in [-0.2, 0) is 11.2 Å². The summed E-state index contributed by atoms with van der Waals surface area (Å²) in [5, 5.41) is 10.8. The highest BCUT2D eigenvalue weighted by molar-refractivity contribution is 5.71. The summed E-state index contributed by atoms with van der Waals surface area (Å²) >= 11 is 0. The van der Waals surface area contributed by atoms with Crippen molar-refractivity contribution >= 4 is 17.7 Å². The zero-order valence-corrected chi connectivity index (χ0v) is 14.7. The van der Waals surface area contributed by atoms with E-state index < -0.39 is 10.9 Å². The van der Waals surface area contributed by atoms with Gasteiger partial charge in [-0.2, -0.15) is 0 Å². The van der Waals surface area contributed by atoms with E-state index in [2.05, 4.69) is 0 Å². The first-order chi connectivity index (χ1) is 12.4. The van der Waals surface area contributed by atoms with Gasteiger partial charge in [0.1, 0.15) is 17.2 Å². The average Bonchev–Trinajstić information content (AvgIpc) is 2.62. The highest BCUT2D eigenvalue weighted by Gasteiger charge is 2.14. The van der Waals surface area contributed by atoms with E-state index in [-0.39, 0.29) is 5.69 Å². The number of carbonyl (C=O) groups excluding carboxylic acids is 1. The molecule has 0 bridgehead atoms. The molecule has 0 amide bonds. The zero-order chi connectivity index (χ0) is 19.1. The van der Waals surface area contributed by atoms with Gasteiger partial charge in [-0.05, 0) is 12.0 Å². The second-order valence-electron chi connectivity index (χ2n) is 5.36. The lowest BCUT2D eigenvalue weighted by molar-refractivity contribution is -0.384. The Morgan fingerprint density at radius 1 is 1.15 bits per heavy atom. The predicted molar refractivity (Wildman–Crippen MR) is 96.7 cm³/mol. The molecular weight excluding hydrogens is 338 g/mol. The molecule has 0 aliphatic rings. The predicted octanol–water partition coefficient (Wildman–Crippen LogP) is 3.79. The van der Waals surface area contributed by atoms with E-state index in [1.807, 2.05) is 6.08 Å². The molecule has 26 heavy (non-hydrogen) atoms. The molecule has 7 nitrogen and oxygen atoms in total. The lowest BCUT2D eigenvalue weighted by Gasteiger charge is -2.14. The molecule has 0 heterocycles. The van der Waals surface area contributed by atoms with Crippen LogP contribution in [0.1, 0.15) is 18.1 Å². The molecule has 0 saturated heterocycles. The monoisotopic (exact) mass is 357 g/mol. The molecule has 0 atom stereocenters. The van der Waals surface area contributed by atoms with Gasteiger partial charge in [-0.25, -0.2) is 0 Å². The summed E-state index contributed by atoms with van der Waals surface area (Å²) in [4.78, 5) is 21.8. The Kier molecular flexibility index (Phi) is 6.32. The van der Waals surface area contributed by atoms with Gasteiger partial charge >= 0.3 is 5.97 Å². The Morgan fingerprint density at radius 3 is 2.50 bits per heavy atom. The molecule has 0 aliphatic carbocycles. The van der Waals surface area contributed by atoms with Gasteiger partial charge in [0.25, 0.3) is 5.69 Å². The van der Waals surface area contributed by atoms with Gasteiger partial charge in [0.05, 0.1) is 19.1 Å². The molecule has 0 N–H and O–H groups in total. The summed E-state index contributed by atoms with van der Waals surface area (Å²) in [6.45, 7) is 1.31. The van der Waals surface area contributed by atoms with Gasteiger partial charge in [-0.15, -0.1) is 0 Å². The first-order valence-electron chi connectivity index (χ1n) is 7.79. The van der Waals surface area contributed by atoms with Gasteiger partial charge < -0.3 is 14.2 Å². The second-order valence-corrected chi connectivity index (χ2v) is 5.36. The third kappa shape index (κ3) is 4.83. The average molecular weight is 357 g/mol. The molecule has 0 radical (unpaired) electrons. The first kappa shape index (κ1) is 19.0. The SMILES string of the molecule is COc1cc(OC)c(C/C=C/c2cccc([N+](=O)[O-])c2)c(OC(C)=O)c1. The van der Waals surface area contributed by atoms with Crippen molar-refractivity contribution in [3.8, 4) is 17.2 Å². The number of hydrogen-bond acceptors (Lipinski definition) is 6. The highest BCUT2D eigenvalue weighted by Crippen LogP contribution is 2.35. The van der Waals surface area contributed by atoms with E-state index in [1.54, 1.807) is 30.3 Å². The Balaban J connectivity index is 2.31. The number of nitrogens with zero attached hydrogens (tertiary/aromatic N) is 1. The minimum absolute atomic E-state index is 0.0229. The molecule has 136 valence electrons. The van der Waals surface area contributed by atoms with Crippen molar-refractivity contribution in [1.82, 2.24) is 0 Å². The van der Waals surface area contributed by atoms with Gasteiger partial charge in [-0.3, -0.25) is 14.9 Å². The first-order valence-corrected chi connectivity index (χ1v) is 7.79. The largest absolute Gasteiger partial charge is 0.496 e. The lowest BCUT2D eigenvalue weighted by Crippen LogP contribution is -2.05. The zero-order valence-electron chi connectivity index (χ0n) is 14.7. The molecule has 2 aromatic rings. The standard InChI is InChI=1S/C19H19NO6/c1-13(21)26-19-12-16(24-2)11-18(25-3)17(19)9-5-7-14-6-4-8-15(10-14)20(22)23/h4-8,10-12H,9H2,1-3H3/b7-5+. The molecule has 0 spiro atoms. The smallest absolute Gasteiger partial charge is 0.308 e. The van der Waals surface area contributed by atoms with Crippen LogP contribution in [0.25, 0.3) is 6.08 Å². The summed E-state index contributed by atoms with van der Waals surface area (Å²) in [5.41, 5.74) is 1.39. The molecule has 0 aromatic heterocycles. The molecule has 2 aromatic carbocycles. The van der Waals surface area contributed by atoms with Crippen LogP contribution in [0.2, 0.25) is 0 Å². The maximum atomic E-state index is 11.4. The molecule has 0 saturated carbocycles. The fraction of sp³-hybridized carbons (Fsp3) is 0.211. The van der Waals surface area contributed by atoms with Crippen LogP contribution >= 0.6 is 0 Å². The number of nitro benzene ring substituents is 1. The minimum Gasteiger partial charge on any atom is -0.496 e. The van der Waals surface area contributed by atoms with E-state index >= 15 is 0 Å². The van der Waals surface area contributed by atoms with E-state index in [9.17, 15) is 14.9 Å². The van der Waals surface area contributed by atoms with E-state index in [4.69, 9.17) is 14.2 Å². The van der Waals surface area contributed by atoms with Gasteiger partial charge in [0.2, 0.25) is 0 Å². The fourth-order valence-corrected chi connectivity index (χ4v) is 2.40. The second kappa shape index (κ2) is 8.66. The Hall–Kier alpha value is -3.35. The molecule has 0 unspecified atom stereocenters. The number of allylic oxidation sites excluding steroid dienone is 1. The van der Waals surface area contributed by atoms with Crippen LogP contribution in [0.4, 0.5) is 5.69 Å². The maximum absolute atomic E-state index is 11.4. The molecule has 2 rings (SSSR count). The van der Waals surface area contributed by atoms with E-state index in [0.29, 0.717) is 34.8 Å². The fourth-order valence-electron chi connectivity index (χ4n) is 2.40. The van der Waals surface area contributed by atoms with Crippen molar-refractivity contribution in [2.45, 2.75) is 13.3 Å². The number of non-ortho nitro benzene ring substituents is 1. The number of ether oxygens (including phenoxy) is 3. The van der Waals surface area contributed by atoms with Crippen molar-refractivity contribution in [3.63, 3.8) is 0 Å². The molecule has 7 heteroatoms. The normalized spacial score (nSPS) is 10.6. The summed E-state index contributed by atoms with van der Waals surface area (Å²) in [6, 6.07) is 9.61. The number of benzene rings is 2. The van der Waals surface area contributed by atoms with Crippen molar-refractivity contribution in [1.29, 1.82) is 0 Å². The maximum Gasteiger partial charge on any atom is 0.308 e. The van der Waals surface area contributed by atoms with Crippen LogP contribution < -0.4 is 14.2 Å². The van der Waals surface area contributed by atoms with E-state index in [1.165, 1.54) is 33.3 Å². The number of carbonyl (C=O) groups is 1. The number of methoxy groups -OCH3 is 2. The summed E-state index contributed by atoms with van der Waals surface area (Å²) < 4.78 is 15.8. The Morgan fingerprint density at radius 2 is 1.88 bits per heavy atom. The quantitative estimate of drug-likeness (QED) is 0.324. The van der Waals surface area contributed by atoms with Crippen LogP contribution in [-0.4, -0.2) is 25.1 Å². The number of esters is 1. The third-order valence-corrected chi connectivity index (χ3v) is 3.56. The number of hydrogen-bond donors (Lipinski definition) is 0. The van der Waals surface area contributed by atoms with Crippen molar-refractivity contribution in [2.24, 2.45) is 0 Å². The molecular formula is C19H19NO6. The Labute approximate surface area is 151 Å². The van der Waals surface area contributed by atoms with Crippen LogP contribution in [0.3, 0.4) is 0 Å². The molecule has 0 aliphatic heterocycles. The highest BCUT2D eigenvalue weighted by atomic mass is 16.6. The molecule has 0 fully saturated rings. The number of nitro groups is 1. The lowest BCUT2D eigenvalue weighted by atomic mass is 10.1. The van der Waals surface area contributed by atoms with Crippen LogP contribution in [0, 0.1) is 10.1 Å². The van der Waals surface area contributed by atoms with Gasteiger partial charge in [0.15, 0.2) is 0 Å². The van der Waals surface area contributed by atoms with Crippen LogP contribution in [0.15, 0.2) is 42.5 Å². The Bertz CT molecular complexity index is 844. The summed E-state index contributed by atoms with van der Waals surface area (Å²) in [6.07, 6.45) is 3.98. The number of rotatable bonds is 7.